The SMILES string of the molecule is CCOC(=O)C1CCCN(CC(=O)NC(C)c2ccc(Br)cc2)C1. The van der Waals surface area contributed by atoms with Crippen molar-refractivity contribution in [2.75, 3.05) is 26.2 Å². The zero-order valence-corrected chi connectivity index (χ0v) is 15.8. The molecule has 1 aliphatic rings. The number of piperidine rings is 1. The summed E-state index contributed by atoms with van der Waals surface area (Å²) in [5.41, 5.74) is 1.06. The Hall–Kier alpha value is -1.40. The Balaban J connectivity index is 1.83. The number of carbonyl (C=O) groups excluding carboxylic acids is 2. The molecule has 2 atom stereocenters. The summed E-state index contributed by atoms with van der Waals surface area (Å²) in [6.07, 6.45) is 1.76. The number of hydrogen-bond acceptors (Lipinski definition) is 4. The predicted molar refractivity (Wildman–Crippen MR) is 96.5 cm³/mol. The Labute approximate surface area is 151 Å². The van der Waals surface area contributed by atoms with E-state index in [2.05, 4.69) is 21.2 Å². The Morgan fingerprint density at radius 2 is 2.08 bits per heavy atom. The number of amides is 1. The van der Waals surface area contributed by atoms with Gasteiger partial charge in [-0.1, -0.05) is 28.1 Å². The van der Waals surface area contributed by atoms with E-state index in [1.165, 1.54) is 0 Å². The largest absolute Gasteiger partial charge is 0.466 e. The number of likely N-dealkylation sites (tertiary alicyclic amines) is 1. The van der Waals surface area contributed by atoms with Gasteiger partial charge < -0.3 is 10.1 Å². The van der Waals surface area contributed by atoms with Gasteiger partial charge in [0, 0.05) is 11.0 Å². The van der Waals surface area contributed by atoms with Gasteiger partial charge in [0.05, 0.1) is 25.1 Å². The fourth-order valence-electron chi connectivity index (χ4n) is 2.98. The molecular weight excluding hydrogens is 372 g/mol. The minimum atomic E-state index is -0.147. The van der Waals surface area contributed by atoms with E-state index in [9.17, 15) is 9.59 Å². The van der Waals surface area contributed by atoms with Crippen molar-refractivity contribution in [1.82, 2.24) is 10.2 Å². The first-order valence-corrected chi connectivity index (χ1v) is 9.22. The van der Waals surface area contributed by atoms with Crippen molar-refractivity contribution in [2.45, 2.75) is 32.7 Å². The maximum Gasteiger partial charge on any atom is 0.310 e. The number of carbonyl (C=O) groups is 2. The van der Waals surface area contributed by atoms with E-state index < -0.39 is 0 Å². The fraction of sp³-hybridized carbons (Fsp3) is 0.556. The third-order valence-corrected chi connectivity index (χ3v) is 4.77. The summed E-state index contributed by atoms with van der Waals surface area (Å²) in [4.78, 5) is 26.2. The molecule has 0 bridgehead atoms. The van der Waals surface area contributed by atoms with E-state index in [-0.39, 0.29) is 23.8 Å². The van der Waals surface area contributed by atoms with Crippen LogP contribution in [-0.2, 0) is 14.3 Å². The number of esters is 1. The van der Waals surface area contributed by atoms with Crippen molar-refractivity contribution in [2.24, 2.45) is 5.92 Å². The molecule has 24 heavy (non-hydrogen) atoms. The van der Waals surface area contributed by atoms with E-state index in [1.54, 1.807) is 0 Å². The van der Waals surface area contributed by atoms with E-state index in [1.807, 2.05) is 43.0 Å². The lowest BCUT2D eigenvalue weighted by atomic mass is 9.98. The summed E-state index contributed by atoms with van der Waals surface area (Å²) in [5.74, 6) is -0.281. The Kier molecular flexibility index (Phi) is 7.24. The van der Waals surface area contributed by atoms with Crippen LogP contribution >= 0.6 is 15.9 Å². The fourth-order valence-corrected chi connectivity index (χ4v) is 3.24. The maximum absolute atomic E-state index is 12.3. The summed E-state index contributed by atoms with van der Waals surface area (Å²) < 4.78 is 6.11. The van der Waals surface area contributed by atoms with Gasteiger partial charge in [-0.3, -0.25) is 14.5 Å². The molecule has 1 aliphatic heterocycles. The molecule has 2 unspecified atom stereocenters. The standard InChI is InChI=1S/C18H25BrN2O3/c1-3-24-18(23)15-5-4-10-21(11-15)12-17(22)20-13(2)14-6-8-16(19)9-7-14/h6-9,13,15H,3-5,10-12H2,1-2H3,(H,20,22). The molecule has 5 nitrogen and oxygen atoms in total. The van der Waals surface area contributed by atoms with Crippen molar-refractivity contribution in [1.29, 1.82) is 0 Å². The molecule has 2 rings (SSSR count). The quantitative estimate of drug-likeness (QED) is 0.750. The number of nitrogens with one attached hydrogen (secondary N) is 1. The van der Waals surface area contributed by atoms with Gasteiger partial charge in [-0.05, 0) is 50.9 Å². The second kappa shape index (κ2) is 9.18. The van der Waals surface area contributed by atoms with E-state index in [0.717, 1.165) is 29.4 Å². The molecule has 0 aromatic heterocycles. The number of rotatable bonds is 6. The molecule has 0 spiro atoms. The van der Waals surface area contributed by atoms with Gasteiger partial charge in [0.15, 0.2) is 0 Å². The summed E-state index contributed by atoms with van der Waals surface area (Å²) >= 11 is 3.41. The van der Waals surface area contributed by atoms with Crippen LogP contribution < -0.4 is 5.32 Å². The molecule has 1 aromatic carbocycles. The third kappa shape index (κ3) is 5.60. The first kappa shape index (κ1) is 18.9. The van der Waals surface area contributed by atoms with E-state index in [4.69, 9.17) is 4.74 Å². The molecule has 1 aromatic rings. The van der Waals surface area contributed by atoms with Crippen LogP contribution in [0, 0.1) is 5.92 Å². The molecule has 1 fully saturated rings. The van der Waals surface area contributed by atoms with Crippen molar-refractivity contribution in [3.05, 3.63) is 34.3 Å². The highest BCUT2D eigenvalue weighted by Crippen LogP contribution is 2.19. The minimum absolute atomic E-state index is 0.0186. The first-order valence-electron chi connectivity index (χ1n) is 8.43. The topological polar surface area (TPSA) is 58.6 Å². The van der Waals surface area contributed by atoms with Gasteiger partial charge in [0.2, 0.25) is 5.91 Å². The highest BCUT2D eigenvalue weighted by Gasteiger charge is 2.27. The molecule has 1 amide bonds. The summed E-state index contributed by atoms with van der Waals surface area (Å²) in [5, 5.41) is 3.02. The first-order chi connectivity index (χ1) is 11.5. The van der Waals surface area contributed by atoms with Gasteiger partial charge in [0.25, 0.3) is 0 Å². The normalized spacial score (nSPS) is 19.5. The molecule has 0 saturated carbocycles. The zero-order chi connectivity index (χ0) is 17.5. The number of benzene rings is 1. The summed E-state index contributed by atoms with van der Waals surface area (Å²) in [6, 6.07) is 7.87. The molecule has 1 saturated heterocycles. The predicted octanol–water partition coefficient (Wildman–Crippen LogP) is 2.90. The minimum Gasteiger partial charge on any atom is -0.466 e. The van der Waals surface area contributed by atoms with Crippen molar-refractivity contribution in [3.8, 4) is 0 Å². The summed E-state index contributed by atoms with van der Waals surface area (Å²) in [7, 11) is 0. The van der Waals surface area contributed by atoms with Gasteiger partial charge >= 0.3 is 5.97 Å². The van der Waals surface area contributed by atoms with E-state index >= 15 is 0 Å². The Morgan fingerprint density at radius 1 is 1.38 bits per heavy atom. The molecule has 6 heteroatoms. The van der Waals surface area contributed by atoms with Gasteiger partial charge in [-0.2, -0.15) is 0 Å². The molecule has 1 heterocycles. The van der Waals surface area contributed by atoms with Crippen LogP contribution in [0.15, 0.2) is 28.7 Å². The molecule has 0 radical (unpaired) electrons. The van der Waals surface area contributed by atoms with Gasteiger partial charge in [-0.25, -0.2) is 0 Å². The van der Waals surface area contributed by atoms with Crippen LogP contribution in [0.2, 0.25) is 0 Å². The lowest BCUT2D eigenvalue weighted by Gasteiger charge is -2.31. The Morgan fingerprint density at radius 3 is 2.75 bits per heavy atom. The van der Waals surface area contributed by atoms with Crippen LogP contribution in [-0.4, -0.2) is 43.0 Å². The number of hydrogen-bond donors (Lipinski definition) is 1. The molecular formula is C18H25BrN2O3. The maximum atomic E-state index is 12.3. The second-order valence-corrected chi connectivity index (χ2v) is 7.08. The van der Waals surface area contributed by atoms with Crippen molar-refractivity contribution < 1.29 is 14.3 Å². The molecule has 132 valence electrons. The highest BCUT2D eigenvalue weighted by molar-refractivity contribution is 9.10. The molecule has 0 aliphatic carbocycles. The smallest absolute Gasteiger partial charge is 0.310 e. The second-order valence-electron chi connectivity index (χ2n) is 6.17. The monoisotopic (exact) mass is 396 g/mol. The van der Waals surface area contributed by atoms with Crippen molar-refractivity contribution in [3.63, 3.8) is 0 Å². The van der Waals surface area contributed by atoms with Gasteiger partial charge in [-0.15, -0.1) is 0 Å². The molecule has 1 N–H and O–H groups in total. The van der Waals surface area contributed by atoms with Crippen LogP contribution in [0.4, 0.5) is 0 Å². The van der Waals surface area contributed by atoms with Crippen LogP contribution in [0.1, 0.15) is 38.3 Å². The lowest BCUT2D eigenvalue weighted by Crippen LogP contribution is -2.45. The number of halogens is 1. The number of nitrogens with zero attached hydrogens (tertiary/aromatic N) is 1. The van der Waals surface area contributed by atoms with E-state index in [0.29, 0.717) is 19.7 Å². The summed E-state index contributed by atoms with van der Waals surface area (Å²) in [6.45, 7) is 5.94. The lowest BCUT2D eigenvalue weighted by molar-refractivity contribution is -0.150. The van der Waals surface area contributed by atoms with Gasteiger partial charge in [0.1, 0.15) is 0 Å². The highest BCUT2D eigenvalue weighted by atomic mass is 79.9. The zero-order valence-electron chi connectivity index (χ0n) is 14.3. The van der Waals surface area contributed by atoms with Crippen LogP contribution in [0.25, 0.3) is 0 Å². The van der Waals surface area contributed by atoms with Crippen molar-refractivity contribution >= 4 is 27.8 Å². The third-order valence-electron chi connectivity index (χ3n) is 4.24. The number of ether oxygens (including phenoxy) is 1. The average molecular weight is 397 g/mol. The average Bonchev–Trinajstić information content (AvgIpc) is 2.55. The van der Waals surface area contributed by atoms with Crippen LogP contribution in [0.3, 0.4) is 0 Å². The van der Waals surface area contributed by atoms with Crippen LogP contribution in [0.5, 0.6) is 0 Å². The Bertz CT molecular complexity index is 562.